The average Bonchev–Trinajstić information content (AvgIpc) is 2.52. The molecule has 0 fully saturated rings. The first kappa shape index (κ1) is 13.4. The zero-order valence-corrected chi connectivity index (χ0v) is 11.3. The molecule has 0 saturated carbocycles. The largest absolute Gasteiger partial charge is 0.419 e. The van der Waals surface area contributed by atoms with Crippen LogP contribution < -0.4 is 5.76 Å². The van der Waals surface area contributed by atoms with Crippen molar-refractivity contribution in [3.63, 3.8) is 0 Å². The Morgan fingerprint density at radius 2 is 2.06 bits per heavy atom. The lowest BCUT2D eigenvalue weighted by atomic mass is 10.3. The molecule has 2 aromatic rings. The van der Waals surface area contributed by atoms with Gasteiger partial charge in [-0.2, -0.15) is 13.2 Å². The smallest absolute Gasteiger partial charge is 0.408 e. The second kappa shape index (κ2) is 4.94. The molecule has 0 saturated heterocycles. The van der Waals surface area contributed by atoms with Crippen LogP contribution in [0.4, 0.5) is 13.2 Å². The number of rotatable bonds is 3. The van der Waals surface area contributed by atoms with Gasteiger partial charge in [-0.3, -0.25) is 4.57 Å². The van der Waals surface area contributed by atoms with Crippen molar-refractivity contribution < 1.29 is 17.6 Å². The Bertz CT molecular complexity index is 615. The molecule has 2 rings (SSSR count). The van der Waals surface area contributed by atoms with Crippen LogP contribution in [-0.4, -0.2) is 10.7 Å². The number of hydrogen-bond donors (Lipinski definition) is 0. The van der Waals surface area contributed by atoms with Gasteiger partial charge in [-0.1, -0.05) is 0 Å². The van der Waals surface area contributed by atoms with Crippen molar-refractivity contribution >= 4 is 33.7 Å². The Morgan fingerprint density at radius 1 is 1.33 bits per heavy atom. The number of hydrogen-bond acceptors (Lipinski definition) is 2. The highest BCUT2D eigenvalue weighted by atomic mass is 127. The second-order valence-electron chi connectivity index (χ2n) is 3.85. The summed E-state index contributed by atoms with van der Waals surface area (Å²) in [5.41, 5.74) is 0.932. The molecule has 18 heavy (non-hydrogen) atoms. The Kier molecular flexibility index (Phi) is 3.69. The molecule has 0 aliphatic heterocycles. The van der Waals surface area contributed by atoms with E-state index < -0.39 is 18.4 Å². The normalized spacial score (nSPS) is 12.2. The molecule has 0 N–H and O–H groups in total. The minimum atomic E-state index is -4.20. The standard InChI is InChI=1S/C11H9F3INO2/c12-11(13,14)4-1-5-16-8-3-2-7(15)6-9(8)18-10(16)17/h2-3,6H,1,4-5H2. The third kappa shape index (κ3) is 3.06. The molecule has 3 nitrogen and oxygen atoms in total. The maximum Gasteiger partial charge on any atom is 0.419 e. The number of fused-ring (bicyclic) bond motifs is 1. The SMILES string of the molecule is O=c1oc2cc(I)ccc2n1CCCC(F)(F)F. The highest BCUT2D eigenvalue weighted by molar-refractivity contribution is 14.1. The minimum absolute atomic E-state index is 0.00589. The summed E-state index contributed by atoms with van der Waals surface area (Å²) >= 11 is 2.07. The van der Waals surface area contributed by atoms with Gasteiger partial charge in [-0.15, -0.1) is 0 Å². The highest BCUT2D eigenvalue weighted by Crippen LogP contribution is 2.22. The van der Waals surface area contributed by atoms with Crippen molar-refractivity contribution in [2.75, 3.05) is 0 Å². The van der Waals surface area contributed by atoms with E-state index >= 15 is 0 Å². The molecule has 0 amide bonds. The van der Waals surface area contributed by atoms with Crippen molar-refractivity contribution in [2.24, 2.45) is 0 Å². The number of aromatic nitrogens is 1. The summed E-state index contributed by atoms with van der Waals surface area (Å²) in [6.45, 7) is 0.00589. The van der Waals surface area contributed by atoms with Crippen LogP contribution in [0.5, 0.6) is 0 Å². The van der Waals surface area contributed by atoms with E-state index in [4.69, 9.17) is 4.42 Å². The van der Waals surface area contributed by atoms with Crippen LogP contribution in [0.25, 0.3) is 11.1 Å². The maximum atomic E-state index is 12.0. The molecule has 7 heteroatoms. The number of benzene rings is 1. The summed E-state index contributed by atoms with van der Waals surface area (Å²) in [4.78, 5) is 11.5. The van der Waals surface area contributed by atoms with Gasteiger partial charge < -0.3 is 4.42 Å². The molecule has 0 unspecified atom stereocenters. The third-order valence-electron chi connectivity index (χ3n) is 2.47. The van der Waals surface area contributed by atoms with Gasteiger partial charge in [0.25, 0.3) is 0 Å². The van der Waals surface area contributed by atoms with Gasteiger partial charge in [-0.05, 0) is 47.2 Å². The molecule has 0 radical (unpaired) electrons. The summed E-state index contributed by atoms with van der Waals surface area (Å²) < 4.78 is 43.2. The quantitative estimate of drug-likeness (QED) is 0.774. The van der Waals surface area contributed by atoms with Crippen LogP contribution in [-0.2, 0) is 6.54 Å². The molecule has 98 valence electrons. The van der Waals surface area contributed by atoms with Gasteiger partial charge in [0.1, 0.15) is 0 Å². The van der Waals surface area contributed by atoms with Gasteiger partial charge in [0, 0.05) is 16.5 Å². The molecule has 0 aliphatic carbocycles. The Hall–Kier alpha value is -0.990. The van der Waals surface area contributed by atoms with Gasteiger partial charge in [0.2, 0.25) is 0 Å². The monoisotopic (exact) mass is 371 g/mol. The van der Waals surface area contributed by atoms with E-state index in [9.17, 15) is 18.0 Å². The lowest BCUT2D eigenvalue weighted by Crippen LogP contribution is -2.16. The zero-order valence-electron chi connectivity index (χ0n) is 9.13. The first-order chi connectivity index (χ1) is 8.37. The fourth-order valence-corrected chi connectivity index (χ4v) is 2.15. The van der Waals surface area contributed by atoms with Crippen molar-refractivity contribution in [1.29, 1.82) is 0 Å². The van der Waals surface area contributed by atoms with E-state index in [0.717, 1.165) is 3.57 Å². The predicted octanol–water partition coefficient (Wildman–Crippen LogP) is 3.54. The lowest BCUT2D eigenvalue weighted by molar-refractivity contribution is -0.135. The van der Waals surface area contributed by atoms with Gasteiger partial charge >= 0.3 is 11.9 Å². The first-order valence-corrected chi connectivity index (χ1v) is 6.30. The zero-order chi connectivity index (χ0) is 13.3. The number of oxazole rings is 1. The van der Waals surface area contributed by atoms with Crippen LogP contribution in [0.1, 0.15) is 12.8 Å². The molecule has 0 bridgehead atoms. The van der Waals surface area contributed by atoms with Crippen LogP contribution in [0.15, 0.2) is 27.4 Å². The van der Waals surface area contributed by atoms with Gasteiger partial charge in [0.15, 0.2) is 5.58 Å². The van der Waals surface area contributed by atoms with Crippen LogP contribution in [0.2, 0.25) is 0 Å². The topological polar surface area (TPSA) is 35.1 Å². The molecular weight excluding hydrogens is 362 g/mol. The molecule has 0 atom stereocenters. The van der Waals surface area contributed by atoms with Crippen LogP contribution >= 0.6 is 22.6 Å². The third-order valence-corrected chi connectivity index (χ3v) is 3.14. The summed E-state index contributed by atoms with van der Waals surface area (Å²) in [7, 11) is 0. The molecular formula is C11H9F3INO2. The van der Waals surface area contributed by atoms with Gasteiger partial charge in [-0.25, -0.2) is 4.79 Å². The molecule has 1 aromatic heterocycles. The van der Waals surface area contributed by atoms with Gasteiger partial charge in [0.05, 0.1) is 5.52 Å². The van der Waals surface area contributed by atoms with E-state index in [2.05, 4.69) is 22.6 Å². The molecule has 0 aliphatic rings. The summed E-state index contributed by atoms with van der Waals surface area (Å²) in [6, 6.07) is 5.13. The van der Waals surface area contributed by atoms with E-state index in [0.29, 0.717) is 11.1 Å². The van der Waals surface area contributed by atoms with Crippen LogP contribution in [0.3, 0.4) is 0 Å². The Labute approximate surface area is 114 Å². The number of halogens is 4. The van der Waals surface area contributed by atoms with Crippen molar-refractivity contribution in [3.8, 4) is 0 Å². The number of alkyl halides is 3. The van der Waals surface area contributed by atoms with E-state index in [1.54, 1.807) is 18.2 Å². The highest BCUT2D eigenvalue weighted by Gasteiger charge is 2.26. The van der Waals surface area contributed by atoms with Crippen molar-refractivity contribution in [2.45, 2.75) is 25.6 Å². The lowest BCUT2D eigenvalue weighted by Gasteiger charge is -2.06. The van der Waals surface area contributed by atoms with E-state index in [-0.39, 0.29) is 13.0 Å². The minimum Gasteiger partial charge on any atom is -0.408 e. The molecule has 1 aromatic carbocycles. The molecule has 0 spiro atoms. The number of nitrogens with zero attached hydrogens (tertiary/aromatic N) is 1. The van der Waals surface area contributed by atoms with E-state index in [1.165, 1.54) is 4.57 Å². The fraction of sp³-hybridized carbons (Fsp3) is 0.364. The summed E-state index contributed by atoms with van der Waals surface area (Å²) in [5.74, 6) is -0.617. The average molecular weight is 371 g/mol. The first-order valence-electron chi connectivity index (χ1n) is 5.22. The predicted molar refractivity (Wildman–Crippen MR) is 68.5 cm³/mol. The molecule has 1 heterocycles. The van der Waals surface area contributed by atoms with Crippen LogP contribution in [0, 0.1) is 3.57 Å². The Morgan fingerprint density at radius 3 is 2.72 bits per heavy atom. The fourth-order valence-electron chi connectivity index (χ4n) is 1.69. The number of aryl methyl sites for hydroxylation is 1. The van der Waals surface area contributed by atoms with E-state index in [1.807, 2.05) is 0 Å². The maximum absolute atomic E-state index is 12.0. The van der Waals surface area contributed by atoms with Crippen molar-refractivity contribution in [1.82, 2.24) is 4.57 Å². The second-order valence-corrected chi connectivity index (χ2v) is 5.10. The Balaban J connectivity index is 2.23. The summed E-state index contributed by atoms with van der Waals surface area (Å²) in [5, 5.41) is 0. The summed E-state index contributed by atoms with van der Waals surface area (Å²) in [6.07, 6.45) is -5.24. The van der Waals surface area contributed by atoms with Crippen molar-refractivity contribution in [3.05, 3.63) is 32.3 Å².